The van der Waals surface area contributed by atoms with Crippen molar-refractivity contribution in [1.29, 1.82) is 0 Å². The third-order valence-corrected chi connectivity index (χ3v) is 5.48. The highest BCUT2D eigenvalue weighted by Gasteiger charge is 2.49. The molecule has 0 bridgehead atoms. The van der Waals surface area contributed by atoms with Gasteiger partial charge in [-0.1, -0.05) is 18.2 Å². The van der Waals surface area contributed by atoms with Crippen LogP contribution in [-0.4, -0.2) is 41.2 Å². The van der Waals surface area contributed by atoms with Crippen molar-refractivity contribution in [2.75, 3.05) is 13.2 Å². The van der Waals surface area contributed by atoms with Crippen LogP contribution in [-0.2, 0) is 34.5 Å². The van der Waals surface area contributed by atoms with Gasteiger partial charge in [-0.3, -0.25) is 9.69 Å². The quantitative estimate of drug-likeness (QED) is 0.714. The van der Waals surface area contributed by atoms with Crippen LogP contribution >= 0.6 is 0 Å². The summed E-state index contributed by atoms with van der Waals surface area (Å²) in [5, 5.41) is 13.0. The van der Waals surface area contributed by atoms with E-state index in [9.17, 15) is 14.7 Å². The van der Waals surface area contributed by atoms with Gasteiger partial charge in [-0.25, -0.2) is 4.79 Å². The number of hydrogen-bond donors (Lipinski definition) is 2. The number of rotatable bonds is 7. The topological polar surface area (TPSA) is 92.0 Å². The van der Waals surface area contributed by atoms with Crippen LogP contribution in [0.1, 0.15) is 35.8 Å². The minimum atomic E-state index is -1.12. The van der Waals surface area contributed by atoms with E-state index in [0.717, 1.165) is 29.7 Å². The van der Waals surface area contributed by atoms with Crippen LogP contribution < -0.4 is 5.32 Å². The number of fused-ring (bicyclic) bond motifs is 1. The third kappa shape index (κ3) is 3.43. The molecule has 0 unspecified atom stereocenters. The summed E-state index contributed by atoms with van der Waals surface area (Å²) in [7, 11) is 0. The number of furan rings is 1. The zero-order valence-electron chi connectivity index (χ0n) is 15.8. The lowest BCUT2D eigenvalue weighted by molar-refractivity contribution is -0.132. The highest BCUT2D eigenvalue weighted by atomic mass is 16.5. The molecular weight excluding hydrogens is 360 g/mol. The van der Waals surface area contributed by atoms with E-state index in [0.29, 0.717) is 5.76 Å². The summed E-state index contributed by atoms with van der Waals surface area (Å²) in [4.78, 5) is 26.5. The first kappa shape index (κ1) is 18.7. The van der Waals surface area contributed by atoms with Crippen LogP contribution in [0.2, 0.25) is 0 Å². The monoisotopic (exact) mass is 384 g/mol. The van der Waals surface area contributed by atoms with Crippen molar-refractivity contribution in [1.82, 2.24) is 10.2 Å². The molecular formula is C21H24N2O5. The number of hydrogen-bond acceptors (Lipinski definition) is 5. The molecule has 2 heterocycles. The van der Waals surface area contributed by atoms with E-state index in [1.165, 1.54) is 11.1 Å². The van der Waals surface area contributed by atoms with Crippen LogP contribution in [0.3, 0.4) is 0 Å². The zero-order chi connectivity index (χ0) is 19.7. The molecule has 7 nitrogen and oxygen atoms in total. The molecule has 1 aliphatic heterocycles. The van der Waals surface area contributed by atoms with Gasteiger partial charge in [0.1, 0.15) is 17.9 Å². The predicted molar refractivity (Wildman–Crippen MR) is 100 cm³/mol. The molecule has 3 amide bonds. The Kier molecular flexibility index (Phi) is 4.95. The average Bonchev–Trinajstić information content (AvgIpc) is 3.39. The van der Waals surface area contributed by atoms with Gasteiger partial charge in [-0.15, -0.1) is 0 Å². The van der Waals surface area contributed by atoms with Gasteiger partial charge in [0.2, 0.25) is 0 Å². The van der Waals surface area contributed by atoms with Crippen LogP contribution in [0.25, 0.3) is 0 Å². The van der Waals surface area contributed by atoms with E-state index >= 15 is 0 Å². The molecule has 2 atom stereocenters. The lowest BCUT2D eigenvalue weighted by Crippen LogP contribution is -2.42. The second kappa shape index (κ2) is 7.41. The number of carbonyl (C=O) groups excluding carboxylic acids is 2. The van der Waals surface area contributed by atoms with E-state index in [1.807, 2.05) is 18.2 Å². The number of amides is 3. The maximum absolute atomic E-state index is 13.0. The number of ether oxygens (including phenoxy) is 1. The molecule has 1 aromatic heterocycles. The molecule has 1 saturated heterocycles. The fourth-order valence-electron chi connectivity index (χ4n) is 3.89. The number of benzene rings is 1. The second-order valence-electron chi connectivity index (χ2n) is 7.56. The number of imide groups is 1. The number of urea groups is 1. The Labute approximate surface area is 163 Å². The maximum atomic E-state index is 13.0. The molecule has 1 aliphatic carbocycles. The maximum Gasteiger partial charge on any atom is 0.325 e. The van der Waals surface area contributed by atoms with Crippen molar-refractivity contribution < 1.29 is 23.8 Å². The Morgan fingerprint density at radius 2 is 2.11 bits per heavy atom. The zero-order valence-corrected chi connectivity index (χ0v) is 15.8. The molecule has 28 heavy (non-hydrogen) atoms. The number of aliphatic hydroxyl groups excluding tert-OH is 1. The van der Waals surface area contributed by atoms with Crippen molar-refractivity contribution in [3.05, 3.63) is 59.0 Å². The molecule has 1 aromatic carbocycles. The fraction of sp³-hybridized carbons (Fsp3) is 0.429. The van der Waals surface area contributed by atoms with E-state index in [2.05, 4.69) is 5.32 Å². The number of β-amino-alcohol motifs (C(OH)–C–C–N with tert-alkyl or cyclic N) is 1. The van der Waals surface area contributed by atoms with E-state index in [-0.39, 0.29) is 25.7 Å². The summed E-state index contributed by atoms with van der Waals surface area (Å²) in [6.45, 7) is 1.80. The van der Waals surface area contributed by atoms with E-state index in [1.54, 1.807) is 25.3 Å². The fourth-order valence-corrected chi connectivity index (χ4v) is 3.89. The summed E-state index contributed by atoms with van der Waals surface area (Å²) < 4.78 is 10.5. The molecule has 148 valence electrons. The smallest absolute Gasteiger partial charge is 0.325 e. The first-order chi connectivity index (χ1) is 13.5. The van der Waals surface area contributed by atoms with Gasteiger partial charge in [0.25, 0.3) is 5.91 Å². The normalized spacial score (nSPS) is 22.4. The van der Waals surface area contributed by atoms with Crippen LogP contribution in [0.15, 0.2) is 41.0 Å². The standard InChI is InChI=1S/C21H24N2O5/c1-21(16-8-7-14-4-2-5-15(14)10-16)19(25)23(20(26)22-21)11-17(24)12-27-13-18-6-3-9-28-18/h3,6-10,17,24H,2,4-5,11-13H2,1H3,(H,22,26)/t17-,21-/m0/s1. The van der Waals surface area contributed by atoms with Crippen molar-refractivity contribution in [2.24, 2.45) is 0 Å². The van der Waals surface area contributed by atoms with Crippen LogP contribution in [0.4, 0.5) is 4.79 Å². The Bertz CT molecular complexity index is 879. The minimum Gasteiger partial charge on any atom is -0.467 e. The summed E-state index contributed by atoms with van der Waals surface area (Å²) >= 11 is 0. The molecule has 0 spiro atoms. The molecule has 2 aromatic rings. The predicted octanol–water partition coefficient (Wildman–Crippen LogP) is 2.11. The van der Waals surface area contributed by atoms with Gasteiger partial charge in [0.05, 0.1) is 25.5 Å². The molecule has 2 aliphatic rings. The Hall–Kier alpha value is -2.64. The lowest BCUT2D eigenvalue weighted by atomic mass is 9.89. The van der Waals surface area contributed by atoms with E-state index in [4.69, 9.17) is 9.15 Å². The minimum absolute atomic E-state index is 0.00663. The molecule has 7 heteroatoms. The van der Waals surface area contributed by atoms with E-state index < -0.39 is 17.7 Å². The summed E-state index contributed by atoms with van der Waals surface area (Å²) in [5.74, 6) is 0.284. The third-order valence-electron chi connectivity index (χ3n) is 5.48. The summed E-state index contributed by atoms with van der Waals surface area (Å²) in [5.41, 5.74) is 2.21. The van der Waals surface area contributed by atoms with Crippen molar-refractivity contribution in [2.45, 2.75) is 44.4 Å². The Balaban J connectivity index is 1.40. The van der Waals surface area contributed by atoms with Gasteiger partial charge >= 0.3 is 6.03 Å². The molecule has 4 rings (SSSR count). The number of aliphatic hydroxyl groups is 1. The largest absolute Gasteiger partial charge is 0.467 e. The highest BCUT2D eigenvalue weighted by molar-refractivity contribution is 6.07. The molecule has 2 N–H and O–H groups in total. The molecule has 0 radical (unpaired) electrons. The average molecular weight is 384 g/mol. The Morgan fingerprint density at radius 3 is 2.89 bits per heavy atom. The summed E-state index contributed by atoms with van der Waals surface area (Å²) in [6, 6.07) is 9.00. The molecule has 0 saturated carbocycles. The van der Waals surface area contributed by atoms with Gasteiger partial charge < -0.3 is 19.6 Å². The van der Waals surface area contributed by atoms with Gasteiger partial charge in [-0.2, -0.15) is 0 Å². The van der Waals surface area contributed by atoms with Crippen molar-refractivity contribution >= 4 is 11.9 Å². The van der Waals surface area contributed by atoms with Gasteiger partial charge in [0.15, 0.2) is 0 Å². The first-order valence-electron chi connectivity index (χ1n) is 9.52. The second-order valence-corrected chi connectivity index (χ2v) is 7.56. The van der Waals surface area contributed by atoms with Crippen molar-refractivity contribution in [3.63, 3.8) is 0 Å². The number of carbonyl (C=O) groups is 2. The Morgan fingerprint density at radius 1 is 1.29 bits per heavy atom. The lowest BCUT2D eigenvalue weighted by Gasteiger charge is -2.23. The first-order valence-corrected chi connectivity index (χ1v) is 9.52. The SMILES string of the molecule is C[C@@]1(c2ccc3c(c2)CCC3)NC(=O)N(C[C@H](O)COCc2ccco2)C1=O. The number of nitrogens with one attached hydrogen (secondary N) is 1. The number of aryl methyl sites for hydroxylation is 2. The van der Waals surface area contributed by atoms with Crippen LogP contribution in [0.5, 0.6) is 0 Å². The highest BCUT2D eigenvalue weighted by Crippen LogP contribution is 2.32. The van der Waals surface area contributed by atoms with Crippen LogP contribution in [0, 0.1) is 0 Å². The summed E-state index contributed by atoms with van der Waals surface area (Å²) in [6.07, 6.45) is 3.74. The van der Waals surface area contributed by atoms with Gasteiger partial charge in [0, 0.05) is 0 Å². The number of nitrogens with zero attached hydrogens (tertiary/aromatic N) is 1. The molecule has 1 fully saturated rings. The van der Waals surface area contributed by atoms with Gasteiger partial charge in [-0.05, 0) is 55.0 Å². The van der Waals surface area contributed by atoms with Crippen molar-refractivity contribution in [3.8, 4) is 0 Å².